The van der Waals surface area contributed by atoms with Gasteiger partial charge in [0, 0.05) is 20.3 Å². The quantitative estimate of drug-likeness (QED) is 0.533. The molecular weight excluding hydrogens is 280 g/mol. The van der Waals surface area contributed by atoms with Crippen LogP contribution in [-0.2, 0) is 14.4 Å². The minimum Gasteiger partial charge on any atom is -0.344 e. The highest BCUT2D eigenvalue weighted by molar-refractivity contribution is 5.99. The standard InChI is InChI=1S/C17H24N2O3/c1-6-9-10-14(7-2)11-16(18-13(5)21)17(22)19-15(8-3)12(4)20/h6-10,16H,1,11H2,2-5H3,(H,18,21)(H,19,22)/b10-9-,14-7+,15-8-. The molecule has 22 heavy (non-hydrogen) atoms. The van der Waals surface area contributed by atoms with Crippen LogP contribution in [0.4, 0.5) is 0 Å². The van der Waals surface area contributed by atoms with Crippen molar-refractivity contribution in [2.75, 3.05) is 0 Å². The van der Waals surface area contributed by atoms with Crippen molar-refractivity contribution in [3.8, 4) is 0 Å². The highest BCUT2D eigenvalue weighted by Crippen LogP contribution is 2.09. The van der Waals surface area contributed by atoms with E-state index in [-0.39, 0.29) is 17.4 Å². The van der Waals surface area contributed by atoms with Crippen molar-refractivity contribution < 1.29 is 14.4 Å². The second-order valence-corrected chi connectivity index (χ2v) is 4.66. The van der Waals surface area contributed by atoms with Gasteiger partial charge in [0.1, 0.15) is 6.04 Å². The second-order valence-electron chi connectivity index (χ2n) is 4.66. The predicted molar refractivity (Wildman–Crippen MR) is 87.9 cm³/mol. The fourth-order valence-electron chi connectivity index (χ4n) is 1.75. The third-order valence-corrected chi connectivity index (χ3v) is 2.88. The zero-order valence-electron chi connectivity index (χ0n) is 13.6. The SMILES string of the molecule is C=C/C=C\C(=C/C)CC(NC(C)=O)C(=O)N/C(=C\C)C(C)=O. The van der Waals surface area contributed by atoms with Gasteiger partial charge in [0.25, 0.3) is 0 Å². The van der Waals surface area contributed by atoms with Crippen LogP contribution < -0.4 is 10.6 Å². The van der Waals surface area contributed by atoms with E-state index >= 15 is 0 Å². The van der Waals surface area contributed by atoms with Gasteiger partial charge in [-0.25, -0.2) is 0 Å². The number of hydrogen-bond donors (Lipinski definition) is 2. The van der Waals surface area contributed by atoms with Gasteiger partial charge in [-0.15, -0.1) is 0 Å². The van der Waals surface area contributed by atoms with E-state index in [1.807, 2.05) is 19.1 Å². The third-order valence-electron chi connectivity index (χ3n) is 2.88. The molecule has 0 aliphatic carbocycles. The number of carbonyl (C=O) groups excluding carboxylic acids is 3. The minimum absolute atomic E-state index is 0.212. The summed E-state index contributed by atoms with van der Waals surface area (Å²) < 4.78 is 0. The summed E-state index contributed by atoms with van der Waals surface area (Å²) in [6.45, 7) is 9.81. The zero-order valence-corrected chi connectivity index (χ0v) is 13.6. The number of Topliss-reactive ketones (excluding diaryl/α,β-unsaturated/α-hetero) is 1. The second kappa shape index (κ2) is 10.3. The monoisotopic (exact) mass is 304 g/mol. The molecule has 0 spiro atoms. The average Bonchev–Trinajstić information content (AvgIpc) is 2.46. The fourth-order valence-corrected chi connectivity index (χ4v) is 1.75. The summed E-state index contributed by atoms with van der Waals surface area (Å²) in [6.07, 6.45) is 8.90. The molecule has 0 heterocycles. The Morgan fingerprint density at radius 1 is 1.14 bits per heavy atom. The summed E-state index contributed by atoms with van der Waals surface area (Å²) in [4.78, 5) is 35.0. The van der Waals surface area contributed by atoms with Gasteiger partial charge in [0.2, 0.25) is 11.8 Å². The zero-order chi connectivity index (χ0) is 17.1. The summed E-state index contributed by atoms with van der Waals surface area (Å²) in [6, 6.07) is -0.757. The fraction of sp³-hybridized carbons (Fsp3) is 0.353. The molecule has 0 fully saturated rings. The maximum absolute atomic E-state index is 12.3. The van der Waals surface area contributed by atoms with E-state index in [1.54, 1.807) is 19.1 Å². The Kier molecular flexibility index (Phi) is 9.18. The molecule has 0 radical (unpaired) electrons. The van der Waals surface area contributed by atoms with E-state index in [0.717, 1.165) is 5.57 Å². The molecule has 120 valence electrons. The first-order valence-electron chi connectivity index (χ1n) is 7.05. The summed E-state index contributed by atoms with van der Waals surface area (Å²) in [7, 11) is 0. The normalized spacial score (nSPS) is 13.6. The number of carbonyl (C=O) groups is 3. The molecule has 1 unspecified atom stereocenters. The van der Waals surface area contributed by atoms with Crippen LogP contribution in [0.2, 0.25) is 0 Å². The van der Waals surface area contributed by atoms with Crippen molar-refractivity contribution in [2.24, 2.45) is 0 Å². The van der Waals surface area contributed by atoms with Gasteiger partial charge in [-0.05, 0) is 19.4 Å². The molecule has 0 saturated carbocycles. The van der Waals surface area contributed by atoms with Crippen LogP contribution in [0.15, 0.2) is 48.2 Å². The Labute approximate surface area is 131 Å². The molecule has 5 heteroatoms. The largest absolute Gasteiger partial charge is 0.344 e. The van der Waals surface area contributed by atoms with Crippen LogP contribution in [0.3, 0.4) is 0 Å². The molecule has 2 amide bonds. The number of rotatable bonds is 8. The van der Waals surface area contributed by atoms with Gasteiger partial charge in [-0.3, -0.25) is 14.4 Å². The van der Waals surface area contributed by atoms with Crippen LogP contribution in [-0.4, -0.2) is 23.6 Å². The summed E-state index contributed by atoms with van der Waals surface area (Å²) in [5.74, 6) is -0.978. The van der Waals surface area contributed by atoms with Gasteiger partial charge < -0.3 is 10.6 Å². The lowest BCUT2D eigenvalue weighted by Crippen LogP contribution is -2.46. The first-order chi connectivity index (χ1) is 10.3. The van der Waals surface area contributed by atoms with E-state index in [9.17, 15) is 14.4 Å². The van der Waals surface area contributed by atoms with Crippen LogP contribution in [0, 0.1) is 0 Å². The van der Waals surface area contributed by atoms with Gasteiger partial charge in [-0.2, -0.15) is 0 Å². The average molecular weight is 304 g/mol. The number of allylic oxidation sites excluding steroid dienone is 6. The van der Waals surface area contributed by atoms with Gasteiger partial charge in [0.05, 0.1) is 5.70 Å². The van der Waals surface area contributed by atoms with Crippen LogP contribution in [0.1, 0.15) is 34.1 Å². The van der Waals surface area contributed by atoms with E-state index in [0.29, 0.717) is 6.42 Å². The molecule has 2 N–H and O–H groups in total. The number of hydrogen-bond acceptors (Lipinski definition) is 3. The molecule has 0 rings (SSSR count). The Morgan fingerprint density at radius 2 is 1.77 bits per heavy atom. The van der Waals surface area contributed by atoms with Crippen molar-refractivity contribution in [3.63, 3.8) is 0 Å². The number of nitrogens with one attached hydrogen (secondary N) is 2. The lowest BCUT2D eigenvalue weighted by atomic mass is 10.0. The Morgan fingerprint density at radius 3 is 2.18 bits per heavy atom. The smallest absolute Gasteiger partial charge is 0.247 e. The molecular formula is C17H24N2O3. The Bertz CT molecular complexity index is 528. The summed E-state index contributed by atoms with van der Waals surface area (Å²) >= 11 is 0. The van der Waals surface area contributed by atoms with Crippen molar-refractivity contribution in [3.05, 3.63) is 48.2 Å². The van der Waals surface area contributed by atoms with E-state index in [4.69, 9.17) is 0 Å². The Hall–Kier alpha value is -2.43. The molecule has 0 aliphatic rings. The maximum atomic E-state index is 12.3. The van der Waals surface area contributed by atoms with Crippen molar-refractivity contribution in [1.29, 1.82) is 0 Å². The van der Waals surface area contributed by atoms with Gasteiger partial charge in [-0.1, -0.05) is 37.0 Å². The lowest BCUT2D eigenvalue weighted by molar-refractivity contribution is -0.128. The molecule has 0 aromatic carbocycles. The highest BCUT2D eigenvalue weighted by atomic mass is 16.2. The molecule has 0 bridgehead atoms. The first-order valence-corrected chi connectivity index (χ1v) is 7.05. The maximum Gasteiger partial charge on any atom is 0.247 e. The van der Waals surface area contributed by atoms with Crippen molar-refractivity contribution in [1.82, 2.24) is 10.6 Å². The molecule has 0 aliphatic heterocycles. The topological polar surface area (TPSA) is 75.3 Å². The first kappa shape index (κ1) is 19.6. The highest BCUT2D eigenvalue weighted by Gasteiger charge is 2.21. The van der Waals surface area contributed by atoms with E-state index in [1.165, 1.54) is 19.9 Å². The Balaban J connectivity index is 5.15. The molecule has 1 atom stereocenters. The third kappa shape index (κ3) is 7.38. The van der Waals surface area contributed by atoms with Crippen LogP contribution >= 0.6 is 0 Å². The molecule has 0 aromatic heterocycles. The van der Waals surface area contributed by atoms with E-state index < -0.39 is 11.9 Å². The number of ketones is 1. The van der Waals surface area contributed by atoms with Crippen LogP contribution in [0.5, 0.6) is 0 Å². The number of amides is 2. The van der Waals surface area contributed by atoms with E-state index in [2.05, 4.69) is 17.2 Å². The van der Waals surface area contributed by atoms with Crippen molar-refractivity contribution in [2.45, 2.75) is 40.2 Å². The molecule has 5 nitrogen and oxygen atoms in total. The van der Waals surface area contributed by atoms with Crippen molar-refractivity contribution >= 4 is 17.6 Å². The minimum atomic E-state index is -0.757. The predicted octanol–water partition coefficient (Wildman–Crippen LogP) is 2.18. The summed E-state index contributed by atoms with van der Waals surface area (Å²) in [5.41, 5.74) is 1.09. The van der Waals surface area contributed by atoms with Crippen LogP contribution in [0.25, 0.3) is 0 Å². The van der Waals surface area contributed by atoms with Gasteiger partial charge in [0.15, 0.2) is 5.78 Å². The molecule has 0 saturated heterocycles. The molecule has 0 aromatic rings. The summed E-state index contributed by atoms with van der Waals surface area (Å²) in [5, 5.41) is 5.14. The van der Waals surface area contributed by atoms with Gasteiger partial charge >= 0.3 is 0 Å². The lowest BCUT2D eigenvalue weighted by Gasteiger charge is -2.18.